The molecular weight excluding hydrogens is 1820 g/mol. The summed E-state index contributed by atoms with van der Waals surface area (Å²) < 4.78 is 19.0. The van der Waals surface area contributed by atoms with Gasteiger partial charge in [0.05, 0.1) is 0 Å². The average Bonchev–Trinajstić information content (AvgIpc) is 1.57. The molecule has 24 aromatic carbocycles. The standard InChI is InChI=1S/3C48H33NO/c1-3-13-34(14-4-1)41-17-7-9-19-43(41)36-23-27-38(28-24-36)49(40-31-32-46-45-21-11-12-22-47(45)50-48(46)33-40)39-29-25-37(26-30-39)44-20-10-8-18-42(44)35-15-5-2-6-16-35;1-3-11-34(12-4-1)38-15-9-17-40(31-38)36-21-25-42(26-22-36)49(44-29-30-46-45-19-7-8-20-47(45)50-48(46)33-44)43-27-23-37(24-28-43)41-18-10-16-39(32-41)35-13-5-2-6-14-35;1-3-9-34(10-4-1)36-15-19-38(20-16-36)40-23-27-42(28-24-40)49(44-31-32-46-45-13-7-8-14-47(45)50-48(46)33-44)43-29-25-41(26-30-43)39-21-17-37(18-22-39)35-11-5-2-6-12-35/h3*1-33H. The van der Waals surface area contributed by atoms with Gasteiger partial charge in [-0.05, 0) is 273 Å². The molecule has 0 saturated carbocycles. The minimum atomic E-state index is 0.871. The number of anilines is 9. The number of furan rings is 3. The third-order valence-corrected chi connectivity index (χ3v) is 28.5. The summed E-state index contributed by atoms with van der Waals surface area (Å²) in [6, 6.07) is 213. The van der Waals surface area contributed by atoms with Crippen LogP contribution in [0.15, 0.2) is 614 Å². The third kappa shape index (κ3) is 19.0. The Labute approximate surface area is 872 Å². The van der Waals surface area contributed by atoms with Crippen LogP contribution in [0.25, 0.3) is 199 Å². The van der Waals surface area contributed by atoms with Gasteiger partial charge in [-0.3, -0.25) is 0 Å². The third-order valence-electron chi connectivity index (χ3n) is 28.5. The fourth-order valence-electron chi connectivity index (χ4n) is 20.9. The predicted octanol–water partition coefficient (Wildman–Crippen LogP) is 41.2. The molecule has 0 atom stereocenters. The van der Waals surface area contributed by atoms with Gasteiger partial charge in [-0.2, -0.15) is 0 Å². The molecule has 708 valence electrons. The van der Waals surface area contributed by atoms with Gasteiger partial charge in [0, 0.05) is 102 Å². The van der Waals surface area contributed by atoms with Gasteiger partial charge in [-0.15, -0.1) is 0 Å². The lowest BCUT2D eigenvalue weighted by molar-refractivity contribution is 0.668. The number of benzene rings is 24. The zero-order valence-corrected chi connectivity index (χ0v) is 82.2. The summed E-state index contributed by atoms with van der Waals surface area (Å²) in [5.41, 5.74) is 43.7. The quantitative estimate of drug-likeness (QED) is 0.0715. The highest BCUT2D eigenvalue weighted by Crippen LogP contribution is 2.48. The smallest absolute Gasteiger partial charge is 0.137 e. The van der Waals surface area contributed by atoms with Crippen molar-refractivity contribution in [2.45, 2.75) is 0 Å². The zero-order chi connectivity index (χ0) is 99.8. The van der Waals surface area contributed by atoms with Crippen LogP contribution in [0.1, 0.15) is 0 Å². The van der Waals surface area contributed by atoms with E-state index in [0.29, 0.717) is 0 Å². The Morgan fingerprint density at radius 1 is 0.0933 bits per heavy atom. The van der Waals surface area contributed by atoms with Crippen molar-refractivity contribution in [3.63, 3.8) is 0 Å². The molecule has 150 heavy (non-hydrogen) atoms. The zero-order valence-electron chi connectivity index (χ0n) is 82.2. The highest BCUT2D eigenvalue weighted by Gasteiger charge is 2.24. The van der Waals surface area contributed by atoms with E-state index in [1.165, 1.54) is 134 Å². The van der Waals surface area contributed by atoms with Gasteiger partial charge in [0.2, 0.25) is 0 Å². The predicted molar refractivity (Wildman–Crippen MR) is 630 cm³/mol. The van der Waals surface area contributed by atoms with Crippen molar-refractivity contribution >= 4 is 117 Å². The Morgan fingerprint density at radius 3 is 0.487 bits per heavy atom. The largest absolute Gasteiger partial charge is 0.456 e. The minimum absolute atomic E-state index is 0.871. The molecule has 0 spiro atoms. The Bertz CT molecular complexity index is 9030. The van der Waals surface area contributed by atoms with Crippen molar-refractivity contribution in [2.24, 2.45) is 0 Å². The van der Waals surface area contributed by atoms with E-state index in [1.54, 1.807) is 0 Å². The molecule has 0 fully saturated rings. The summed E-state index contributed by atoms with van der Waals surface area (Å²) in [5, 5.41) is 6.74. The summed E-state index contributed by atoms with van der Waals surface area (Å²) in [4.78, 5) is 6.92. The SMILES string of the molecule is c1ccc(-c2ccc(-c3ccc(N(c4ccc(-c5ccc(-c6ccccc6)cc5)cc4)c4ccc5c(c4)oc4ccccc45)cc3)cc2)cc1.c1ccc(-c2cccc(-c3ccc(N(c4ccc(-c5cccc(-c6ccccc6)c5)cc4)c4ccc5c(c4)oc4ccccc45)cc3)c2)cc1.c1ccc(-c2ccccc2-c2ccc(N(c3ccc(-c4ccccc4-c4ccccc4)cc3)c3ccc4c(c3)oc3ccccc34)cc2)cc1. The van der Waals surface area contributed by atoms with Gasteiger partial charge in [0.15, 0.2) is 0 Å². The maximum Gasteiger partial charge on any atom is 0.137 e. The van der Waals surface area contributed by atoms with Crippen molar-refractivity contribution in [1.29, 1.82) is 0 Å². The van der Waals surface area contributed by atoms with Crippen molar-refractivity contribution in [1.82, 2.24) is 0 Å². The first-order valence-electron chi connectivity index (χ1n) is 51.0. The molecule has 6 heteroatoms. The normalized spacial score (nSPS) is 11.2. The molecule has 0 aliphatic carbocycles. The lowest BCUT2D eigenvalue weighted by Crippen LogP contribution is -2.09. The summed E-state index contributed by atoms with van der Waals surface area (Å²) in [6.45, 7) is 0. The van der Waals surface area contributed by atoms with Crippen LogP contribution in [0, 0.1) is 0 Å². The average molecular weight is 1920 g/mol. The summed E-state index contributed by atoms with van der Waals surface area (Å²) in [5.74, 6) is 0. The second-order valence-electron chi connectivity index (χ2n) is 37.7. The molecule has 6 nitrogen and oxygen atoms in total. The molecule has 0 aliphatic heterocycles. The monoisotopic (exact) mass is 1920 g/mol. The first-order valence-corrected chi connectivity index (χ1v) is 51.0. The van der Waals surface area contributed by atoms with E-state index in [4.69, 9.17) is 13.3 Å². The Hall–Kier alpha value is -19.9. The van der Waals surface area contributed by atoms with Crippen LogP contribution in [0.4, 0.5) is 51.2 Å². The van der Waals surface area contributed by atoms with Crippen LogP contribution in [0.3, 0.4) is 0 Å². The second-order valence-corrected chi connectivity index (χ2v) is 37.7. The highest BCUT2D eigenvalue weighted by molar-refractivity contribution is 6.09. The van der Waals surface area contributed by atoms with Gasteiger partial charge in [0.1, 0.15) is 33.5 Å². The molecule has 0 N–H and O–H groups in total. The lowest BCUT2D eigenvalue weighted by atomic mass is 9.94. The number of rotatable bonds is 21. The number of nitrogens with zero attached hydrogens (tertiary/aromatic N) is 3. The molecule has 0 unspecified atom stereocenters. The van der Waals surface area contributed by atoms with E-state index in [1.807, 2.05) is 36.4 Å². The molecule has 3 heterocycles. The molecule has 0 amide bonds. The van der Waals surface area contributed by atoms with Gasteiger partial charge in [-0.1, -0.05) is 443 Å². The highest BCUT2D eigenvalue weighted by atomic mass is 16.3. The van der Waals surface area contributed by atoms with Crippen molar-refractivity contribution in [3.8, 4) is 134 Å². The van der Waals surface area contributed by atoms with E-state index in [-0.39, 0.29) is 0 Å². The van der Waals surface area contributed by atoms with E-state index in [0.717, 1.165) is 117 Å². The number of hydrogen-bond donors (Lipinski definition) is 0. The first kappa shape index (κ1) is 91.3. The van der Waals surface area contributed by atoms with Crippen LogP contribution < -0.4 is 14.7 Å². The Morgan fingerprint density at radius 2 is 0.247 bits per heavy atom. The summed E-state index contributed by atoms with van der Waals surface area (Å²) >= 11 is 0. The second kappa shape index (κ2) is 41.4. The minimum Gasteiger partial charge on any atom is -0.456 e. The van der Waals surface area contributed by atoms with E-state index in [2.05, 4.69) is 579 Å². The molecule has 27 rings (SSSR count). The molecular formula is C144H99N3O3. The fourth-order valence-corrected chi connectivity index (χ4v) is 20.9. The van der Waals surface area contributed by atoms with Gasteiger partial charge < -0.3 is 28.0 Å². The van der Waals surface area contributed by atoms with Crippen LogP contribution in [-0.4, -0.2) is 0 Å². The van der Waals surface area contributed by atoms with Crippen molar-refractivity contribution in [2.75, 3.05) is 14.7 Å². The van der Waals surface area contributed by atoms with Crippen LogP contribution in [0.2, 0.25) is 0 Å². The topological polar surface area (TPSA) is 49.1 Å². The first-order chi connectivity index (χ1) is 74.3. The van der Waals surface area contributed by atoms with E-state index in [9.17, 15) is 0 Å². The van der Waals surface area contributed by atoms with Gasteiger partial charge in [0.25, 0.3) is 0 Å². The molecule has 0 saturated heterocycles. The van der Waals surface area contributed by atoms with Crippen LogP contribution in [0.5, 0.6) is 0 Å². The van der Waals surface area contributed by atoms with Crippen molar-refractivity contribution < 1.29 is 13.3 Å². The Balaban J connectivity index is 0.000000116. The maximum absolute atomic E-state index is 6.35. The van der Waals surface area contributed by atoms with Gasteiger partial charge >= 0.3 is 0 Å². The number of fused-ring (bicyclic) bond motifs is 9. The van der Waals surface area contributed by atoms with Crippen LogP contribution in [-0.2, 0) is 0 Å². The van der Waals surface area contributed by atoms with Crippen molar-refractivity contribution in [3.05, 3.63) is 601 Å². The number of hydrogen-bond acceptors (Lipinski definition) is 6. The molecule has 0 bridgehead atoms. The molecule has 27 aromatic rings. The Kier molecular flexibility index (Phi) is 25.2. The number of para-hydroxylation sites is 3. The molecule has 0 aliphatic rings. The maximum atomic E-state index is 6.35. The van der Waals surface area contributed by atoms with Crippen LogP contribution >= 0.6 is 0 Å². The lowest BCUT2D eigenvalue weighted by Gasteiger charge is -2.26. The van der Waals surface area contributed by atoms with Gasteiger partial charge in [-0.25, -0.2) is 0 Å². The fraction of sp³-hybridized carbons (Fsp3) is 0. The summed E-state index contributed by atoms with van der Waals surface area (Å²) in [7, 11) is 0. The summed E-state index contributed by atoms with van der Waals surface area (Å²) in [6.07, 6.45) is 0. The van der Waals surface area contributed by atoms with E-state index >= 15 is 0 Å². The molecule has 0 radical (unpaired) electrons. The molecule has 3 aromatic heterocycles. The van der Waals surface area contributed by atoms with E-state index < -0.39 is 0 Å².